The Kier molecular flexibility index (Phi) is 4.71. The van der Waals surface area contributed by atoms with Gasteiger partial charge in [-0.2, -0.15) is 0 Å². The van der Waals surface area contributed by atoms with Crippen molar-refractivity contribution in [2.75, 3.05) is 7.11 Å². The van der Waals surface area contributed by atoms with Crippen LogP contribution in [0.15, 0.2) is 22.7 Å². The summed E-state index contributed by atoms with van der Waals surface area (Å²) in [5.74, 6) is 1.44. The standard InChI is InChI=1S/C23H25Cl2NO3/c1-28-21(27)23-11-9-22(13-23,10-12-23)8-7-15-19(26-29-20(15)14-5-6-14)18-16(24)3-2-4-17(18)25/h2-4,14H,5-13H2,1H3. The Labute approximate surface area is 180 Å². The van der Waals surface area contributed by atoms with Crippen LogP contribution in [0.1, 0.15) is 68.6 Å². The van der Waals surface area contributed by atoms with E-state index in [1.165, 1.54) is 7.11 Å². The van der Waals surface area contributed by atoms with E-state index in [2.05, 4.69) is 5.16 Å². The summed E-state index contributed by atoms with van der Waals surface area (Å²) in [7, 11) is 1.51. The van der Waals surface area contributed by atoms with Crippen LogP contribution in [-0.2, 0) is 16.0 Å². The third-order valence-corrected chi connectivity index (χ3v) is 8.10. The first-order valence-electron chi connectivity index (χ1n) is 10.5. The van der Waals surface area contributed by atoms with E-state index >= 15 is 0 Å². The van der Waals surface area contributed by atoms with Crippen LogP contribution in [0, 0.1) is 10.8 Å². The van der Waals surface area contributed by atoms with E-state index in [0.717, 1.165) is 80.4 Å². The Morgan fingerprint density at radius 2 is 1.90 bits per heavy atom. The number of benzene rings is 1. The van der Waals surface area contributed by atoms with Gasteiger partial charge in [-0.3, -0.25) is 4.79 Å². The SMILES string of the molecule is COC(=O)C12CCC(CCc3c(-c4c(Cl)cccc4Cl)noc3C3CC3)(CC1)C2. The van der Waals surface area contributed by atoms with Gasteiger partial charge in [0, 0.05) is 17.0 Å². The van der Waals surface area contributed by atoms with E-state index < -0.39 is 0 Å². The van der Waals surface area contributed by atoms with Crippen LogP contribution >= 0.6 is 23.2 Å². The van der Waals surface area contributed by atoms with E-state index in [0.29, 0.717) is 16.0 Å². The fourth-order valence-corrected chi connectivity index (χ4v) is 6.28. The highest BCUT2D eigenvalue weighted by Crippen LogP contribution is 2.64. The summed E-state index contributed by atoms with van der Waals surface area (Å²) in [5.41, 5.74) is 2.67. The number of carbonyl (C=O) groups is 1. The lowest BCUT2D eigenvalue weighted by molar-refractivity contribution is -0.152. The van der Waals surface area contributed by atoms with Gasteiger partial charge in [-0.1, -0.05) is 34.4 Å². The predicted octanol–water partition coefficient (Wildman–Crippen LogP) is 6.58. The van der Waals surface area contributed by atoms with E-state index in [-0.39, 0.29) is 16.8 Å². The summed E-state index contributed by atoms with van der Waals surface area (Å²) in [6, 6.07) is 5.53. The summed E-state index contributed by atoms with van der Waals surface area (Å²) >= 11 is 13.0. The van der Waals surface area contributed by atoms with Gasteiger partial charge in [0.2, 0.25) is 0 Å². The number of nitrogens with zero attached hydrogens (tertiary/aromatic N) is 1. The molecule has 0 unspecified atom stereocenters. The molecule has 0 N–H and O–H groups in total. The Balaban J connectivity index is 1.44. The zero-order chi connectivity index (χ0) is 20.2. The van der Waals surface area contributed by atoms with Crippen molar-refractivity contribution < 1.29 is 14.1 Å². The molecule has 154 valence electrons. The minimum Gasteiger partial charge on any atom is -0.469 e. The molecule has 1 aromatic carbocycles. The predicted molar refractivity (Wildman–Crippen MR) is 112 cm³/mol. The highest BCUT2D eigenvalue weighted by atomic mass is 35.5. The van der Waals surface area contributed by atoms with Gasteiger partial charge in [-0.25, -0.2) is 0 Å². The summed E-state index contributed by atoms with van der Waals surface area (Å²) < 4.78 is 10.9. The van der Waals surface area contributed by atoms with Crippen molar-refractivity contribution in [2.24, 2.45) is 10.8 Å². The number of fused-ring (bicyclic) bond motifs is 2. The Hall–Kier alpha value is -1.52. The lowest BCUT2D eigenvalue weighted by atomic mass is 9.78. The number of rotatable bonds is 6. The van der Waals surface area contributed by atoms with Crippen molar-refractivity contribution >= 4 is 29.2 Å². The summed E-state index contributed by atoms with van der Waals surface area (Å²) in [6.45, 7) is 0. The largest absolute Gasteiger partial charge is 0.469 e. The van der Waals surface area contributed by atoms with Gasteiger partial charge in [0.15, 0.2) is 0 Å². The molecule has 5 rings (SSSR count). The molecule has 2 bridgehead atoms. The number of hydrogen-bond donors (Lipinski definition) is 0. The molecule has 29 heavy (non-hydrogen) atoms. The molecule has 0 spiro atoms. The maximum atomic E-state index is 12.4. The molecular formula is C23H25Cl2NO3. The topological polar surface area (TPSA) is 52.3 Å². The molecule has 3 aliphatic rings. The quantitative estimate of drug-likeness (QED) is 0.482. The van der Waals surface area contributed by atoms with Gasteiger partial charge in [0.1, 0.15) is 11.5 Å². The molecule has 0 radical (unpaired) electrons. The van der Waals surface area contributed by atoms with Crippen molar-refractivity contribution in [1.82, 2.24) is 5.16 Å². The lowest BCUT2D eigenvalue weighted by Crippen LogP contribution is -2.27. The second kappa shape index (κ2) is 7.02. The van der Waals surface area contributed by atoms with Crippen molar-refractivity contribution in [2.45, 2.75) is 63.7 Å². The molecule has 1 heterocycles. The smallest absolute Gasteiger partial charge is 0.311 e. The lowest BCUT2D eigenvalue weighted by Gasteiger charge is -2.27. The second-order valence-electron chi connectivity index (χ2n) is 9.19. The van der Waals surface area contributed by atoms with Gasteiger partial charge in [-0.05, 0) is 75.3 Å². The summed E-state index contributed by atoms with van der Waals surface area (Å²) in [4.78, 5) is 12.4. The third-order valence-electron chi connectivity index (χ3n) is 7.47. The molecule has 3 aliphatic carbocycles. The molecule has 4 nitrogen and oxygen atoms in total. The summed E-state index contributed by atoms with van der Waals surface area (Å²) in [6.07, 6.45) is 9.22. The highest BCUT2D eigenvalue weighted by Gasteiger charge is 2.58. The molecule has 3 saturated carbocycles. The number of ether oxygens (including phenoxy) is 1. The number of aromatic nitrogens is 1. The maximum Gasteiger partial charge on any atom is 0.311 e. The molecule has 0 amide bonds. The normalized spacial score (nSPS) is 28.1. The van der Waals surface area contributed by atoms with E-state index in [9.17, 15) is 4.79 Å². The number of methoxy groups -OCH3 is 1. The average Bonchev–Trinajstić information content (AvgIpc) is 3.22. The van der Waals surface area contributed by atoms with Gasteiger partial charge >= 0.3 is 5.97 Å². The minimum absolute atomic E-state index is 0.0240. The minimum atomic E-state index is -0.252. The highest BCUT2D eigenvalue weighted by molar-refractivity contribution is 6.39. The van der Waals surface area contributed by atoms with E-state index in [1.54, 1.807) is 0 Å². The molecular weight excluding hydrogens is 409 g/mol. The van der Waals surface area contributed by atoms with Crippen LogP contribution in [0.5, 0.6) is 0 Å². The molecule has 6 heteroatoms. The first kappa shape index (κ1) is 19.4. The Morgan fingerprint density at radius 3 is 2.52 bits per heavy atom. The number of carbonyl (C=O) groups excluding carboxylic acids is 1. The van der Waals surface area contributed by atoms with Crippen molar-refractivity contribution in [1.29, 1.82) is 0 Å². The van der Waals surface area contributed by atoms with Gasteiger partial charge in [-0.15, -0.1) is 0 Å². The van der Waals surface area contributed by atoms with Crippen molar-refractivity contribution in [3.8, 4) is 11.3 Å². The second-order valence-corrected chi connectivity index (χ2v) is 10.0. The number of halogens is 2. The van der Waals surface area contributed by atoms with Gasteiger partial charge < -0.3 is 9.26 Å². The van der Waals surface area contributed by atoms with Crippen LogP contribution in [0.4, 0.5) is 0 Å². The zero-order valence-corrected chi connectivity index (χ0v) is 18.1. The Morgan fingerprint density at radius 1 is 1.21 bits per heavy atom. The van der Waals surface area contributed by atoms with Crippen LogP contribution in [0.25, 0.3) is 11.3 Å². The monoisotopic (exact) mass is 433 g/mol. The van der Waals surface area contributed by atoms with Crippen molar-refractivity contribution in [3.63, 3.8) is 0 Å². The van der Waals surface area contributed by atoms with Crippen LogP contribution in [0.2, 0.25) is 10.0 Å². The third kappa shape index (κ3) is 3.19. The fraction of sp³-hybridized carbons (Fsp3) is 0.565. The first-order valence-corrected chi connectivity index (χ1v) is 11.2. The maximum absolute atomic E-state index is 12.4. The van der Waals surface area contributed by atoms with Crippen molar-refractivity contribution in [3.05, 3.63) is 39.6 Å². The molecule has 0 aliphatic heterocycles. The first-order chi connectivity index (χ1) is 14.0. The number of hydrogen-bond acceptors (Lipinski definition) is 4. The van der Waals surface area contributed by atoms with Crippen LogP contribution < -0.4 is 0 Å². The van der Waals surface area contributed by atoms with Crippen LogP contribution in [-0.4, -0.2) is 18.2 Å². The zero-order valence-electron chi connectivity index (χ0n) is 16.6. The van der Waals surface area contributed by atoms with Gasteiger partial charge in [0.25, 0.3) is 0 Å². The molecule has 0 atom stereocenters. The molecule has 2 aromatic rings. The summed E-state index contributed by atoms with van der Waals surface area (Å²) in [5, 5.41) is 5.60. The average molecular weight is 434 g/mol. The number of esters is 1. The fourth-order valence-electron chi connectivity index (χ4n) is 5.70. The van der Waals surface area contributed by atoms with Gasteiger partial charge in [0.05, 0.1) is 22.6 Å². The molecule has 3 fully saturated rings. The van der Waals surface area contributed by atoms with Crippen LogP contribution in [0.3, 0.4) is 0 Å². The molecule has 0 saturated heterocycles. The van der Waals surface area contributed by atoms with E-state index in [4.69, 9.17) is 32.5 Å². The van der Waals surface area contributed by atoms with E-state index in [1.807, 2.05) is 18.2 Å². The Bertz CT molecular complexity index is 935. The molecule has 1 aromatic heterocycles.